The molecule has 0 aromatic heterocycles. The Bertz CT molecular complexity index is 706. The van der Waals surface area contributed by atoms with Crippen LogP contribution < -0.4 is 10.2 Å². The van der Waals surface area contributed by atoms with Crippen molar-refractivity contribution in [3.8, 4) is 0 Å². The van der Waals surface area contributed by atoms with Crippen LogP contribution in [0.4, 0.5) is 10.5 Å². The van der Waals surface area contributed by atoms with Crippen LogP contribution in [0, 0.1) is 0 Å². The Morgan fingerprint density at radius 2 is 1.71 bits per heavy atom. The maximum Gasteiger partial charge on any atom is 0.396 e. The molecule has 1 atom stereocenters. The van der Waals surface area contributed by atoms with Crippen LogP contribution >= 0.6 is 7.37 Å². The summed E-state index contributed by atoms with van der Waals surface area (Å²) in [5, 5.41) is 0.0767. The Morgan fingerprint density at radius 3 is 2.25 bits per heavy atom. The van der Waals surface area contributed by atoms with Gasteiger partial charge in [-0.3, -0.25) is 4.57 Å². The second-order valence-electron chi connectivity index (χ2n) is 5.13. The van der Waals surface area contributed by atoms with E-state index in [-0.39, 0.29) is 41.5 Å². The predicted octanol–water partition coefficient (Wildman–Crippen LogP) is 2.99. The number of carbonyl (C=O) groups is 1. The smallest absolute Gasteiger partial charge is 0.396 e. The minimum absolute atomic E-state index is 0. The summed E-state index contributed by atoms with van der Waals surface area (Å²) in [6.07, 6.45) is 0. The first-order valence-electron chi connectivity index (χ1n) is 7.31. The van der Waals surface area contributed by atoms with Gasteiger partial charge in [0.2, 0.25) is 0 Å². The van der Waals surface area contributed by atoms with Gasteiger partial charge in [0, 0.05) is 54.1 Å². The van der Waals surface area contributed by atoms with Gasteiger partial charge in [-0.2, -0.15) is 0 Å². The molecule has 1 radical (unpaired) electrons. The molecule has 0 spiro atoms. The zero-order valence-corrected chi connectivity index (χ0v) is 17.1. The van der Waals surface area contributed by atoms with Crippen molar-refractivity contribution in [3.05, 3.63) is 60.2 Å². The average Bonchev–Trinajstić information content (AvgIpc) is 2.56. The SMILES string of the molecule is CCOC(=O)P(=O)(O)c1ccc(N(C)Cc2ccccc2)cc1.[Na]. The van der Waals surface area contributed by atoms with Crippen molar-refractivity contribution in [2.45, 2.75) is 13.5 Å². The van der Waals surface area contributed by atoms with Crippen LogP contribution in [0.15, 0.2) is 54.6 Å². The predicted molar refractivity (Wildman–Crippen MR) is 97.2 cm³/mol. The minimum atomic E-state index is -4.15. The van der Waals surface area contributed by atoms with E-state index in [0.717, 1.165) is 12.2 Å². The van der Waals surface area contributed by atoms with Gasteiger partial charge in [-0.15, -0.1) is 0 Å². The first-order valence-corrected chi connectivity index (χ1v) is 8.97. The van der Waals surface area contributed by atoms with E-state index >= 15 is 0 Å². The number of hydrogen-bond acceptors (Lipinski definition) is 4. The molecule has 2 aromatic rings. The Morgan fingerprint density at radius 1 is 1.12 bits per heavy atom. The number of hydrogen-bond donors (Lipinski definition) is 1. The molecule has 1 unspecified atom stereocenters. The van der Waals surface area contributed by atoms with Crippen molar-refractivity contribution in [1.29, 1.82) is 0 Å². The molecule has 0 saturated carbocycles. The van der Waals surface area contributed by atoms with Crippen LogP contribution in [0.2, 0.25) is 0 Å². The van der Waals surface area contributed by atoms with E-state index < -0.39 is 13.1 Å². The summed E-state index contributed by atoms with van der Waals surface area (Å²) in [6, 6.07) is 16.4. The summed E-state index contributed by atoms with van der Waals surface area (Å²) in [5.41, 5.74) is 0.977. The molecule has 7 heteroatoms. The zero-order valence-electron chi connectivity index (χ0n) is 14.2. The number of benzene rings is 2. The van der Waals surface area contributed by atoms with Gasteiger partial charge in [0.1, 0.15) is 0 Å². The van der Waals surface area contributed by atoms with E-state index in [0.29, 0.717) is 0 Å². The largest absolute Gasteiger partial charge is 0.459 e. The second-order valence-corrected chi connectivity index (χ2v) is 7.17. The van der Waals surface area contributed by atoms with E-state index in [1.165, 1.54) is 17.7 Å². The first-order chi connectivity index (χ1) is 10.9. The fourth-order valence-corrected chi connectivity index (χ4v) is 3.24. The van der Waals surface area contributed by atoms with Crippen LogP contribution in [-0.4, -0.2) is 53.8 Å². The monoisotopic (exact) mass is 356 g/mol. The van der Waals surface area contributed by atoms with E-state index in [4.69, 9.17) is 0 Å². The summed E-state index contributed by atoms with van der Waals surface area (Å²) in [7, 11) is -2.21. The summed E-state index contributed by atoms with van der Waals surface area (Å²) in [4.78, 5) is 23.5. The summed E-state index contributed by atoms with van der Waals surface area (Å²) in [6.45, 7) is 2.38. The number of ether oxygens (including phenoxy) is 1. The molecule has 1 N–H and O–H groups in total. The van der Waals surface area contributed by atoms with E-state index in [1.54, 1.807) is 19.1 Å². The molecular formula is C17H20NNaO4P. The van der Waals surface area contributed by atoms with Crippen molar-refractivity contribution < 1.29 is 19.0 Å². The summed E-state index contributed by atoms with van der Waals surface area (Å²) >= 11 is 0. The molecule has 0 saturated heterocycles. The standard InChI is InChI=1S/C17H20NO4P.Na/c1-3-22-17(19)23(20,21)16-11-9-15(10-12-16)18(2)13-14-7-5-4-6-8-14;/h4-12H,3,13H2,1-2H3,(H,20,21);. The third kappa shape index (κ3) is 5.20. The van der Waals surface area contributed by atoms with Gasteiger partial charge in [0.05, 0.1) is 6.61 Å². The molecule has 0 amide bonds. The minimum Gasteiger partial charge on any atom is -0.459 e. The normalized spacial score (nSPS) is 12.6. The van der Waals surface area contributed by atoms with Crippen LogP contribution in [0.5, 0.6) is 0 Å². The first kappa shape index (κ1) is 20.9. The number of rotatable bonds is 6. The average molecular weight is 356 g/mol. The van der Waals surface area contributed by atoms with Crippen molar-refractivity contribution >= 4 is 53.6 Å². The Kier molecular flexibility index (Phi) is 8.20. The van der Waals surface area contributed by atoms with Gasteiger partial charge in [-0.05, 0) is 36.8 Å². The quantitative estimate of drug-likeness (QED) is 0.637. The Hall–Kier alpha value is -1.10. The molecule has 0 aliphatic rings. The fourth-order valence-electron chi connectivity index (χ4n) is 2.17. The van der Waals surface area contributed by atoms with E-state index in [1.807, 2.05) is 42.3 Å². The van der Waals surface area contributed by atoms with Crippen molar-refractivity contribution in [2.75, 3.05) is 18.6 Å². The van der Waals surface area contributed by atoms with E-state index in [2.05, 4.69) is 4.74 Å². The molecule has 0 aliphatic heterocycles. The molecule has 0 aliphatic carbocycles. The molecule has 0 bridgehead atoms. The second kappa shape index (κ2) is 9.40. The molecule has 2 rings (SSSR count). The molecule has 0 heterocycles. The fraction of sp³-hybridized carbons (Fsp3) is 0.235. The van der Waals surface area contributed by atoms with Crippen molar-refractivity contribution in [2.24, 2.45) is 0 Å². The maximum atomic E-state index is 12.1. The molecule has 0 fully saturated rings. The number of nitrogens with zero attached hydrogens (tertiary/aromatic N) is 1. The topological polar surface area (TPSA) is 66.8 Å². The zero-order chi connectivity index (χ0) is 16.9. The maximum absolute atomic E-state index is 12.1. The number of anilines is 1. The molecule has 5 nitrogen and oxygen atoms in total. The van der Waals surface area contributed by atoms with Gasteiger partial charge in [0.15, 0.2) is 0 Å². The Labute approximate surface area is 164 Å². The van der Waals surface area contributed by atoms with Gasteiger partial charge in [-0.1, -0.05) is 30.3 Å². The van der Waals surface area contributed by atoms with Crippen LogP contribution in [0.25, 0.3) is 0 Å². The molecule has 24 heavy (non-hydrogen) atoms. The van der Waals surface area contributed by atoms with Crippen molar-refractivity contribution in [1.82, 2.24) is 0 Å². The van der Waals surface area contributed by atoms with Gasteiger partial charge >= 0.3 is 13.1 Å². The summed E-state index contributed by atoms with van der Waals surface area (Å²) in [5.74, 6) is 0. The molecule has 2 aromatic carbocycles. The summed E-state index contributed by atoms with van der Waals surface area (Å²) < 4.78 is 16.8. The van der Waals surface area contributed by atoms with Crippen LogP contribution in [0.1, 0.15) is 12.5 Å². The third-order valence-corrected chi connectivity index (χ3v) is 5.04. The molecule has 123 valence electrons. The van der Waals surface area contributed by atoms with E-state index in [9.17, 15) is 14.3 Å². The molecular weight excluding hydrogens is 336 g/mol. The van der Waals surface area contributed by atoms with Crippen LogP contribution in [-0.2, 0) is 15.8 Å². The van der Waals surface area contributed by atoms with Crippen molar-refractivity contribution in [3.63, 3.8) is 0 Å². The third-order valence-electron chi connectivity index (χ3n) is 3.42. The van der Waals surface area contributed by atoms with Gasteiger partial charge in [0.25, 0.3) is 0 Å². The Balaban J connectivity index is 0.00000288. The van der Waals surface area contributed by atoms with Gasteiger partial charge in [-0.25, -0.2) is 4.79 Å². The van der Waals surface area contributed by atoms with Gasteiger partial charge < -0.3 is 14.5 Å². The number of carbonyl (C=O) groups excluding carboxylic acids is 1. The van der Waals surface area contributed by atoms with Crippen LogP contribution in [0.3, 0.4) is 0 Å².